The van der Waals surface area contributed by atoms with Gasteiger partial charge in [-0.2, -0.15) is 4.98 Å². The third kappa shape index (κ3) is 3.47. The molecule has 1 amide bonds. The molecule has 3 aromatic rings. The molecule has 0 fully saturated rings. The third-order valence-corrected chi connectivity index (χ3v) is 3.56. The zero-order valence-electron chi connectivity index (χ0n) is 14.6. The second-order valence-corrected chi connectivity index (χ2v) is 5.91. The van der Waals surface area contributed by atoms with E-state index in [2.05, 4.69) is 25.3 Å². The molecule has 8 heteroatoms. The molecule has 0 unspecified atom stereocenters. The van der Waals surface area contributed by atoms with Crippen LogP contribution in [0.25, 0.3) is 11.0 Å². The van der Waals surface area contributed by atoms with Crippen LogP contribution in [0.1, 0.15) is 10.4 Å². The van der Waals surface area contributed by atoms with Crippen molar-refractivity contribution >= 4 is 34.4 Å². The van der Waals surface area contributed by atoms with E-state index < -0.39 is 0 Å². The molecule has 3 rings (SSSR count). The van der Waals surface area contributed by atoms with Crippen molar-refractivity contribution in [3.8, 4) is 0 Å². The lowest BCUT2D eigenvalue weighted by Crippen LogP contribution is -2.21. The van der Waals surface area contributed by atoms with Crippen molar-refractivity contribution in [3.63, 3.8) is 0 Å². The molecular formula is C17H19N7O. The van der Waals surface area contributed by atoms with Crippen molar-refractivity contribution in [1.82, 2.24) is 19.9 Å². The van der Waals surface area contributed by atoms with Crippen LogP contribution in [0, 0.1) is 0 Å². The molecule has 25 heavy (non-hydrogen) atoms. The lowest BCUT2D eigenvalue weighted by Gasteiger charge is -2.19. The van der Waals surface area contributed by atoms with Gasteiger partial charge in [-0.1, -0.05) is 0 Å². The highest BCUT2D eigenvalue weighted by Crippen LogP contribution is 2.24. The maximum Gasteiger partial charge on any atom is 0.255 e. The Morgan fingerprint density at radius 2 is 1.68 bits per heavy atom. The minimum absolute atomic E-state index is 0.253. The summed E-state index contributed by atoms with van der Waals surface area (Å²) in [6, 6.07) is 5.20. The van der Waals surface area contributed by atoms with E-state index >= 15 is 0 Å². The smallest absolute Gasteiger partial charge is 0.255 e. The molecule has 0 aliphatic heterocycles. The van der Waals surface area contributed by atoms with Crippen molar-refractivity contribution in [1.29, 1.82) is 0 Å². The molecule has 0 saturated heterocycles. The van der Waals surface area contributed by atoms with Crippen LogP contribution >= 0.6 is 0 Å². The van der Waals surface area contributed by atoms with Crippen molar-refractivity contribution in [2.45, 2.75) is 0 Å². The summed E-state index contributed by atoms with van der Waals surface area (Å²) in [5.74, 6) is 0.951. The van der Waals surface area contributed by atoms with E-state index in [1.54, 1.807) is 41.7 Å². The second-order valence-electron chi connectivity index (χ2n) is 5.91. The molecule has 128 valence electrons. The number of hydrogen-bond donors (Lipinski definition) is 1. The van der Waals surface area contributed by atoms with Crippen LogP contribution in [-0.4, -0.2) is 54.0 Å². The van der Waals surface area contributed by atoms with Gasteiger partial charge in [-0.15, -0.1) is 0 Å². The highest BCUT2D eigenvalue weighted by molar-refractivity contribution is 6.07. The Labute approximate surface area is 145 Å². The Morgan fingerprint density at radius 3 is 2.36 bits per heavy atom. The fraction of sp³-hybridized carbons (Fsp3) is 0.235. The minimum Gasteiger partial charge on any atom is -0.361 e. The average molecular weight is 337 g/mol. The van der Waals surface area contributed by atoms with E-state index in [9.17, 15) is 4.79 Å². The molecule has 2 aromatic heterocycles. The molecule has 0 aliphatic rings. The molecule has 1 N–H and O–H groups in total. The van der Waals surface area contributed by atoms with Gasteiger partial charge in [-0.25, -0.2) is 4.98 Å². The first-order chi connectivity index (χ1) is 12.0. The Morgan fingerprint density at radius 1 is 0.960 bits per heavy atom. The van der Waals surface area contributed by atoms with Crippen LogP contribution in [0.5, 0.6) is 0 Å². The van der Waals surface area contributed by atoms with E-state index in [4.69, 9.17) is 0 Å². The molecular weight excluding hydrogens is 318 g/mol. The number of aromatic nitrogens is 4. The van der Waals surface area contributed by atoms with Crippen LogP contribution in [0.3, 0.4) is 0 Å². The number of carbonyl (C=O) groups excluding carboxylic acids is 1. The topological polar surface area (TPSA) is 87.1 Å². The largest absolute Gasteiger partial charge is 0.361 e. The van der Waals surface area contributed by atoms with Crippen molar-refractivity contribution < 1.29 is 4.79 Å². The number of fused-ring (bicyclic) bond motifs is 1. The minimum atomic E-state index is -0.253. The van der Waals surface area contributed by atoms with Gasteiger partial charge in [0.2, 0.25) is 5.95 Å². The SMILES string of the molecule is CN(C)c1ncc(NC(=O)c2ccc3nccnc3c2)c(N(C)C)n1. The van der Waals surface area contributed by atoms with Crippen molar-refractivity contribution in [2.75, 3.05) is 43.3 Å². The van der Waals surface area contributed by atoms with Crippen LogP contribution in [0.4, 0.5) is 17.5 Å². The van der Waals surface area contributed by atoms with Crippen LogP contribution in [-0.2, 0) is 0 Å². The van der Waals surface area contributed by atoms with Crippen molar-refractivity contribution in [3.05, 3.63) is 42.4 Å². The number of hydrogen-bond acceptors (Lipinski definition) is 7. The fourth-order valence-corrected chi connectivity index (χ4v) is 2.31. The van der Waals surface area contributed by atoms with Gasteiger partial charge in [-0.3, -0.25) is 14.8 Å². The highest BCUT2D eigenvalue weighted by atomic mass is 16.1. The second kappa shape index (κ2) is 6.68. The number of nitrogens with one attached hydrogen (secondary N) is 1. The summed E-state index contributed by atoms with van der Waals surface area (Å²) in [5, 5.41) is 2.87. The first-order valence-electron chi connectivity index (χ1n) is 7.69. The van der Waals surface area contributed by atoms with Gasteiger partial charge < -0.3 is 15.1 Å². The monoisotopic (exact) mass is 337 g/mol. The van der Waals surface area contributed by atoms with Crippen molar-refractivity contribution in [2.24, 2.45) is 0 Å². The first kappa shape index (κ1) is 16.6. The van der Waals surface area contributed by atoms with E-state index in [0.29, 0.717) is 28.5 Å². The summed E-state index contributed by atoms with van der Waals surface area (Å²) in [4.78, 5) is 33.4. The zero-order valence-corrected chi connectivity index (χ0v) is 14.6. The molecule has 0 bridgehead atoms. The summed E-state index contributed by atoms with van der Waals surface area (Å²) in [7, 11) is 7.46. The summed E-state index contributed by atoms with van der Waals surface area (Å²) in [5.41, 5.74) is 2.45. The molecule has 2 heterocycles. The molecule has 1 aromatic carbocycles. The molecule has 0 spiro atoms. The van der Waals surface area contributed by atoms with Crippen LogP contribution in [0.2, 0.25) is 0 Å². The number of anilines is 3. The first-order valence-corrected chi connectivity index (χ1v) is 7.69. The molecule has 8 nitrogen and oxygen atoms in total. The number of rotatable bonds is 4. The predicted octanol–water partition coefficient (Wildman–Crippen LogP) is 1.80. The van der Waals surface area contributed by atoms with E-state index in [0.717, 1.165) is 5.52 Å². The molecule has 0 saturated carbocycles. The van der Waals surface area contributed by atoms with E-state index in [1.165, 1.54) is 0 Å². The average Bonchev–Trinajstić information content (AvgIpc) is 2.61. The van der Waals surface area contributed by atoms with Gasteiger partial charge in [0.1, 0.15) is 5.69 Å². The van der Waals surface area contributed by atoms with Gasteiger partial charge in [0.15, 0.2) is 5.82 Å². The zero-order chi connectivity index (χ0) is 18.0. The number of amides is 1. The summed E-state index contributed by atoms with van der Waals surface area (Å²) in [6.45, 7) is 0. The Kier molecular flexibility index (Phi) is 4.42. The fourth-order valence-electron chi connectivity index (χ4n) is 2.31. The van der Waals surface area contributed by atoms with E-state index in [1.807, 2.05) is 33.1 Å². The molecule has 0 radical (unpaired) electrons. The lowest BCUT2D eigenvalue weighted by atomic mass is 10.2. The van der Waals surface area contributed by atoms with E-state index in [-0.39, 0.29) is 5.91 Å². The van der Waals surface area contributed by atoms with Gasteiger partial charge >= 0.3 is 0 Å². The number of benzene rings is 1. The Bertz CT molecular complexity index is 924. The van der Waals surface area contributed by atoms with Gasteiger partial charge in [0.05, 0.1) is 17.2 Å². The quantitative estimate of drug-likeness (QED) is 0.777. The molecule has 0 aliphatic carbocycles. The van der Waals surface area contributed by atoms with Gasteiger partial charge in [0, 0.05) is 46.1 Å². The predicted molar refractivity (Wildman–Crippen MR) is 98.2 cm³/mol. The maximum absolute atomic E-state index is 12.6. The number of nitrogens with zero attached hydrogens (tertiary/aromatic N) is 6. The normalized spacial score (nSPS) is 10.6. The molecule has 0 atom stereocenters. The van der Waals surface area contributed by atoms with Gasteiger partial charge in [-0.05, 0) is 18.2 Å². The Balaban J connectivity index is 1.91. The summed E-state index contributed by atoms with van der Waals surface area (Å²) >= 11 is 0. The maximum atomic E-state index is 12.6. The third-order valence-electron chi connectivity index (χ3n) is 3.56. The van der Waals surface area contributed by atoms with Crippen LogP contribution in [0.15, 0.2) is 36.8 Å². The summed E-state index contributed by atoms with van der Waals surface area (Å²) in [6.07, 6.45) is 4.83. The standard InChI is InChI=1S/C17H19N7O/c1-23(2)15-14(10-20-17(22-15)24(3)4)21-16(25)11-5-6-12-13(9-11)19-8-7-18-12/h5-10H,1-4H3,(H,21,25). The van der Waals surface area contributed by atoms with Crippen LogP contribution < -0.4 is 15.1 Å². The summed E-state index contributed by atoms with van der Waals surface area (Å²) < 4.78 is 0. The Hall–Kier alpha value is -3.29. The van der Waals surface area contributed by atoms with Gasteiger partial charge in [0.25, 0.3) is 5.91 Å². The lowest BCUT2D eigenvalue weighted by molar-refractivity contribution is 0.102. The number of carbonyl (C=O) groups is 1. The highest BCUT2D eigenvalue weighted by Gasteiger charge is 2.14.